The maximum absolute atomic E-state index is 14.1. The number of ether oxygens (including phenoxy) is 1. The molecule has 2 aliphatic rings. The molecule has 228 valence electrons. The van der Waals surface area contributed by atoms with Gasteiger partial charge in [0.2, 0.25) is 11.8 Å². The standard InChI is InChI=1S/C33H37Cl2FN4O3/c34-26-4-1-5-29(18-26)43-16-2-3-23-6-9-28(10-7-23)40-31(20-38-21-32(40)41)33(42)39(27-11-12-27)22-25-17-24(8-13-30(25)35)19-37-15-14-36/h1,4-10,13,17-18,27,31,37-38H,2-3,11-12,14-16,19-22H2/t31-/m1/s1. The van der Waals surface area contributed by atoms with Gasteiger partial charge < -0.3 is 20.3 Å². The second-order valence-electron chi connectivity index (χ2n) is 11.0. The first-order chi connectivity index (χ1) is 20.9. The van der Waals surface area contributed by atoms with E-state index >= 15 is 0 Å². The molecule has 1 aliphatic heterocycles. The number of nitrogens with zero attached hydrogens (tertiary/aromatic N) is 2. The summed E-state index contributed by atoms with van der Waals surface area (Å²) in [6, 6.07) is 20.4. The number of carbonyl (C=O) groups excluding carboxylic acids is 2. The van der Waals surface area contributed by atoms with E-state index in [2.05, 4.69) is 10.6 Å². The van der Waals surface area contributed by atoms with Crippen LogP contribution in [0.4, 0.5) is 10.1 Å². The van der Waals surface area contributed by atoms with Gasteiger partial charge in [-0.25, -0.2) is 4.39 Å². The van der Waals surface area contributed by atoms with Gasteiger partial charge in [-0.15, -0.1) is 0 Å². The molecule has 5 rings (SSSR count). The number of benzene rings is 3. The number of nitrogens with one attached hydrogen (secondary N) is 2. The maximum atomic E-state index is 14.1. The second kappa shape index (κ2) is 15.0. The van der Waals surface area contributed by atoms with Crippen LogP contribution in [0.15, 0.2) is 66.7 Å². The first-order valence-corrected chi connectivity index (χ1v) is 15.5. The molecule has 1 atom stereocenters. The van der Waals surface area contributed by atoms with Crippen molar-refractivity contribution in [3.8, 4) is 5.75 Å². The fraction of sp³-hybridized carbons (Fsp3) is 0.394. The number of hydrogen-bond donors (Lipinski definition) is 2. The van der Waals surface area contributed by atoms with Crippen molar-refractivity contribution in [2.24, 2.45) is 0 Å². The molecule has 43 heavy (non-hydrogen) atoms. The molecule has 1 saturated carbocycles. The number of piperazine rings is 1. The Morgan fingerprint density at radius 3 is 2.60 bits per heavy atom. The molecule has 10 heteroatoms. The molecule has 0 aromatic heterocycles. The lowest BCUT2D eigenvalue weighted by Crippen LogP contribution is -2.61. The Hall–Kier alpha value is -3.17. The van der Waals surface area contributed by atoms with Crippen LogP contribution in [-0.2, 0) is 29.1 Å². The summed E-state index contributed by atoms with van der Waals surface area (Å²) in [5.74, 6) is 0.515. The van der Waals surface area contributed by atoms with Crippen molar-refractivity contribution in [2.45, 2.75) is 50.9 Å². The molecular weight excluding hydrogens is 590 g/mol. The average molecular weight is 628 g/mol. The molecule has 3 aromatic rings. The minimum atomic E-state index is -0.660. The van der Waals surface area contributed by atoms with Crippen LogP contribution in [0, 0.1) is 0 Å². The predicted octanol–water partition coefficient (Wildman–Crippen LogP) is 5.56. The van der Waals surface area contributed by atoms with Crippen molar-refractivity contribution >= 4 is 40.7 Å². The van der Waals surface area contributed by atoms with Gasteiger partial charge >= 0.3 is 0 Å². The molecular formula is C33H37Cl2FN4O3. The minimum Gasteiger partial charge on any atom is -0.494 e. The zero-order chi connectivity index (χ0) is 30.2. The molecule has 0 spiro atoms. The van der Waals surface area contributed by atoms with Gasteiger partial charge in [-0.2, -0.15) is 0 Å². The van der Waals surface area contributed by atoms with Crippen LogP contribution in [0.3, 0.4) is 0 Å². The zero-order valence-electron chi connectivity index (χ0n) is 24.0. The van der Waals surface area contributed by atoms with Gasteiger partial charge in [-0.05, 0) is 78.8 Å². The number of carbonyl (C=O) groups is 2. The van der Waals surface area contributed by atoms with Crippen LogP contribution in [0.25, 0.3) is 0 Å². The van der Waals surface area contributed by atoms with Crippen LogP contribution in [0.2, 0.25) is 10.0 Å². The third-order valence-corrected chi connectivity index (χ3v) is 8.29. The lowest BCUT2D eigenvalue weighted by molar-refractivity contribution is -0.136. The number of halogens is 3. The van der Waals surface area contributed by atoms with Crippen LogP contribution >= 0.6 is 23.2 Å². The first-order valence-electron chi connectivity index (χ1n) is 14.8. The van der Waals surface area contributed by atoms with Crippen molar-refractivity contribution in [3.63, 3.8) is 0 Å². The number of amides is 2. The molecule has 1 heterocycles. The quantitative estimate of drug-likeness (QED) is 0.229. The molecule has 3 aromatic carbocycles. The smallest absolute Gasteiger partial charge is 0.247 e. The molecule has 0 unspecified atom stereocenters. The van der Waals surface area contributed by atoms with E-state index < -0.39 is 12.7 Å². The molecule has 0 radical (unpaired) electrons. The number of alkyl halides is 1. The molecule has 1 aliphatic carbocycles. The average Bonchev–Trinajstić information content (AvgIpc) is 3.85. The zero-order valence-corrected chi connectivity index (χ0v) is 25.5. The van der Waals surface area contributed by atoms with Crippen molar-refractivity contribution in [1.82, 2.24) is 15.5 Å². The maximum Gasteiger partial charge on any atom is 0.247 e. The van der Waals surface area contributed by atoms with E-state index in [0.29, 0.717) is 42.0 Å². The summed E-state index contributed by atoms with van der Waals surface area (Å²) in [6.45, 7) is 1.83. The predicted molar refractivity (Wildman–Crippen MR) is 169 cm³/mol. The lowest BCUT2D eigenvalue weighted by Gasteiger charge is -2.38. The normalized spacial score (nSPS) is 16.8. The molecule has 2 fully saturated rings. The summed E-state index contributed by atoms with van der Waals surface area (Å²) in [7, 11) is 0. The highest BCUT2D eigenvalue weighted by Crippen LogP contribution is 2.32. The van der Waals surface area contributed by atoms with Gasteiger partial charge in [0, 0.05) is 48.0 Å². The van der Waals surface area contributed by atoms with E-state index in [4.69, 9.17) is 27.9 Å². The summed E-state index contributed by atoms with van der Waals surface area (Å²) in [5, 5.41) is 7.41. The van der Waals surface area contributed by atoms with Gasteiger partial charge in [0.05, 0.1) is 13.2 Å². The number of hydrogen-bond acceptors (Lipinski definition) is 5. The van der Waals surface area contributed by atoms with E-state index in [1.165, 1.54) is 0 Å². The highest BCUT2D eigenvalue weighted by atomic mass is 35.5. The van der Waals surface area contributed by atoms with Gasteiger partial charge in [-0.1, -0.05) is 53.5 Å². The lowest BCUT2D eigenvalue weighted by atomic mass is 10.1. The van der Waals surface area contributed by atoms with Crippen molar-refractivity contribution in [1.29, 1.82) is 0 Å². The van der Waals surface area contributed by atoms with Crippen LogP contribution in [0.1, 0.15) is 36.0 Å². The molecule has 7 nitrogen and oxygen atoms in total. The van der Waals surface area contributed by atoms with Crippen molar-refractivity contribution in [2.75, 3.05) is 37.8 Å². The molecule has 2 N–H and O–H groups in total. The Bertz CT molecular complexity index is 1400. The molecule has 2 amide bonds. The highest BCUT2D eigenvalue weighted by molar-refractivity contribution is 6.31. The van der Waals surface area contributed by atoms with Gasteiger partial charge in [0.15, 0.2) is 0 Å². The van der Waals surface area contributed by atoms with Gasteiger partial charge in [0.1, 0.15) is 18.5 Å². The van der Waals surface area contributed by atoms with E-state index in [0.717, 1.165) is 48.1 Å². The van der Waals surface area contributed by atoms with E-state index in [1.54, 1.807) is 11.0 Å². The summed E-state index contributed by atoms with van der Waals surface area (Å²) >= 11 is 12.6. The summed E-state index contributed by atoms with van der Waals surface area (Å²) in [4.78, 5) is 30.7. The van der Waals surface area contributed by atoms with Gasteiger partial charge in [0.25, 0.3) is 0 Å². The van der Waals surface area contributed by atoms with Crippen LogP contribution in [-0.4, -0.2) is 61.7 Å². The number of rotatable bonds is 14. The van der Waals surface area contributed by atoms with E-state index in [1.807, 2.05) is 65.6 Å². The monoisotopic (exact) mass is 626 g/mol. The highest BCUT2D eigenvalue weighted by Gasteiger charge is 2.41. The van der Waals surface area contributed by atoms with Crippen LogP contribution < -0.4 is 20.3 Å². The molecule has 1 saturated heterocycles. The largest absolute Gasteiger partial charge is 0.494 e. The summed E-state index contributed by atoms with van der Waals surface area (Å²) in [5.41, 5.74) is 3.65. The Morgan fingerprint density at radius 1 is 1.07 bits per heavy atom. The Morgan fingerprint density at radius 2 is 1.86 bits per heavy atom. The first kappa shape index (κ1) is 31.3. The Labute approximate surface area is 262 Å². The Kier molecular flexibility index (Phi) is 10.9. The summed E-state index contributed by atoms with van der Waals surface area (Å²) in [6.07, 6.45) is 3.48. The summed E-state index contributed by atoms with van der Waals surface area (Å²) < 4.78 is 18.3. The second-order valence-corrected chi connectivity index (χ2v) is 11.8. The number of aryl methyl sites for hydroxylation is 1. The SMILES string of the molecule is O=C([C@H]1CNCC(=O)N1c1ccc(CCCOc2cccc(Cl)c2)cc1)N(Cc1cc(CNCCF)ccc1Cl)C1CC1. The van der Waals surface area contributed by atoms with E-state index in [9.17, 15) is 14.0 Å². The fourth-order valence-corrected chi connectivity index (χ4v) is 5.70. The van der Waals surface area contributed by atoms with Crippen molar-refractivity contribution in [3.05, 3.63) is 93.5 Å². The fourth-order valence-electron chi connectivity index (χ4n) is 5.34. The third kappa shape index (κ3) is 8.48. The van der Waals surface area contributed by atoms with E-state index in [-0.39, 0.29) is 30.9 Å². The molecule has 0 bridgehead atoms. The van der Waals surface area contributed by atoms with Crippen LogP contribution in [0.5, 0.6) is 5.75 Å². The third-order valence-electron chi connectivity index (χ3n) is 7.69. The Balaban J connectivity index is 1.24. The topological polar surface area (TPSA) is 73.9 Å². The minimum absolute atomic E-state index is 0.0951. The van der Waals surface area contributed by atoms with Crippen molar-refractivity contribution < 1.29 is 18.7 Å². The number of anilines is 1. The van der Waals surface area contributed by atoms with Gasteiger partial charge in [-0.3, -0.25) is 14.5 Å².